The summed E-state index contributed by atoms with van der Waals surface area (Å²) >= 11 is 1.39. The zero-order chi connectivity index (χ0) is 18.1. The van der Waals surface area contributed by atoms with Crippen molar-refractivity contribution in [3.63, 3.8) is 0 Å². The molecule has 4 rings (SSSR count). The average Bonchev–Trinajstić information content (AvgIpc) is 3.35. The number of nitrogens with zero attached hydrogens (tertiary/aromatic N) is 3. The molecule has 1 amide bonds. The van der Waals surface area contributed by atoms with Crippen LogP contribution in [0, 0.1) is 0 Å². The summed E-state index contributed by atoms with van der Waals surface area (Å²) in [7, 11) is 1.84. The van der Waals surface area contributed by atoms with E-state index < -0.39 is 0 Å². The normalized spacial score (nSPS) is 14.5. The Labute approximate surface area is 156 Å². The lowest BCUT2D eigenvalue weighted by Gasteiger charge is -2.21. The van der Waals surface area contributed by atoms with Crippen molar-refractivity contribution in [2.75, 3.05) is 7.05 Å². The Morgan fingerprint density at radius 3 is 3.04 bits per heavy atom. The van der Waals surface area contributed by atoms with E-state index in [0.29, 0.717) is 18.2 Å². The average molecular weight is 370 g/mol. The summed E-state index contributed by atoms with van der Waals surface area (Å²) < 4.78 is 5.76. The van der Waals surface area contributed by atoms with Crippen molar-refractivity contribution in [3.8, 4) is 0 Å². The van der Waals surface area contributed by atoms with Gasteiger partial charge in [0.1, 0.15) is 5.52 Å². The minimum atomic E-state index is -0.222. The molecular formula is C19H22N4O2S. The fraction of sp³-hybridized carbons (Fsp3) is 0.421. The summed E-state index contributed by atoms with van der Waals surface area (Å²) in [5.74, 6) is 0.0782. The summed E-state index contributed by atoms with van der Waals surface area (Å²) in [4.78, 5) is 19.2. The molecule has 1 N–H and O–H groups in total. The molecule has 1 aromatic carbocycles. The van der Waals surface area contributed by atoms with Crippen LogP contribution in [-0.2, 0) is 24.2 Å². The minimum absolute atomic E-state index is 0.0782. The molecule has 1 aliphatic carbocycles. The van der Waals surface area contributed by atoms with Gasteiger partial charge in [0.05, 0.1) is 17.5 Å². The Morgan fingerprint density at radius 2 is 2.23 bits per heavy atom. The number of aromatic amines is 1. The van der Waals surface area contributed by atoms with Crippen molar-refractivity contribution < 1.29 is 9.21 Å². The molecule has 0 radical (unpaired) electrons. The van der Waals surface area contributed by atoms with Crippen molar-refractivity contribution in [1.82, 2.24) is 20.1 Å². The lowest BCUT2D eigenvalue weighted by Crippen LogP contribution is -2.34. The second-order valence-corrected chi connectivity index (χ2v) is 7.79. The third-order valence-electron chi connectivity index (χ3n) is 4.82. The first-order valence-electron chi connectivity index (χ1n) is 8.98. The number of aryl methyl sites for hydroxylation is 1. The Morgan fingerprint density at radius 1 is 1.38 bits per heavy atom. The minimum Gasteiger partial charge on any atom is -0.431 e. The third kappa shape index (κ3) is 3.23. The van der Waals surface area contributed by atoms with Crippen molar-refractivity contribution >= 4 is 28.8 Å². The number of fused-ring (bicyclic) bond motifs is 2. The van der Waals surface area contributed by atoms with Crippen LogP contribution in [0.1, 0.15) is 36.7 Å². The van der Waals surface area contributed by atoms with E-state index in [2.05, 4.69) is 15.2 Å². The number of amides is 1. The van der Waals surface area contributed by atoms with Crippen LogP contribution in [0.4, 0.5) is 0 Å². The van der Waals surface area contributed by atoms with E-state index in [1.807, 2.05) is 38.2 Å². The molecule has 0 saturated heterocycles. The Hall–Kier alpha value is -2.28. The Balaban J connectivity index is 1.45. The number of para-hydroxylation sites is 2. The molecule has 6 nitrogen and oxygen atoms in total. The van der Waals surface area contributed by atoms with Crippen molar-refractivity contribution in [2.45, 2.75) is 49.6 Å². The summed E-state index contributed by atoms with van der Waals surface area (Å²) in [5.41, 5.74) is 5.09. The lowest BCUT2D eigenvalue weighted by atomic mass is 10.2. The van der Waals surface area contributed by atoms with Gasteiger partial charge in [-0.15, -0.1) is 0 Å². The van der Waals surface area contributed by atoms with Gasteiger partial charge < -0.3 is 9.32 Å². The molecule has 136 valence electrons. The quantitative estimate of drug-likeness (QED) is 0.672. The first-order valence-corrected chi connectivity index (χ1v) is 9.86. The molecular weight excluding hydrogens is 348 g/mol. The Bertz CT molecular complexity index is 900. The number of rotatable bonds is 6. The predicted molar refractivity (Wildman–Crippen MR) is 101 cm³/mol. The highest BCUT2D eigenvalue weighted by molar-refractivity contribution is 8.00. The second kappa shape index (κ2) is 7.15. The molecule has 1 aliphatic rings. The predicted octanol–water partition coefficient (Wildman–Crippen LogP) is 3.57. The van der Waals surface area contributed by atoms with E-state index in [9.17, 15) is 4.79 Å². The third-order valence-corrected chi connectivity index (χ3v) is 6.01. The van der Waals surface area contributed by atoms with Gasteiger partial charge in [0.25, 0.3) is 5.22 Å². The van der Waals surface area contributed by atoms with Gasteiger partial charge in [-0.1, -0.05) is 30.8 Å². The first-order chi connectivity index (χ1) is 12.7. The van der Waals surface area contributed by atoms with Gasteiger partial charge in [-0.25, -0.2) is 4.98 Å². The smallest absolute Gasteiger partial charge is 0.257 e. The van der Waals surface area contributed by atoms with Crippen molar-refractivity contribution in [2.24, 2.45) is 0 Å². The van der Waals surface area contributed by atoms with Crippen molar-refractivity contribution in [1.29, 1.82) is 0 Å². The molecule has 0 fully saturated rings. The van der Waals surface area contributed by atoms with E-state index >= 15 is 0 Å². The largest absolute Gasteiger partial charge is 0.431 e. The second-order valence-electron chi connectivity index (χ2n) is 6.64. The van der Waals surface area contributed by atoms with Gasteiger partial charge in [0, 0.05) is 12.7 Å². The Kier molecular flexibility index (Phi) is 4.72. The number of H-pyrrole nitrogens is 1. The fourth-order valence-corrected chi connectivity index (χ4v) is 4.38. The highest BCUT2D eigenvalue weighted by atomic mass is 32.2. The molecule has 1 atom stereocenters. The van der Waals surface area contributed by atoms with Crippen LogP contribution in [-0.4, -0.2) is 38.3 Å². The molecule has 2 aromatic heterocycles. The molecule has 0 saturated carbocycles. The standard InChI is InChI=1S/C19H22N4O2S/c1-3-17(26-19-20-14-8-4-5-10-16(14)25-19)18(24)23(2)11-15-12-7-6-9-13(12)21-22-15/h4-5,8,10,17H,3,6-7,9,11H2,1-2H3,(H,21,22)/t17-/m0/s1. The molecule has 0 spiro atoms. The number of hydrogen-bond donors (Lipinski definition) is 1. The van der Waals surface area contributed by atoms with Gasteiger partial charge in [-0.2, -0.15) is 5.10 Å². The fourth-order valence-electron chi connectivity index (χ4n) is 3.40. The number of thioether (sulfide) groups is 1. The maximum absolute atomic E-state index is 12.9. The number of carbonyl (C=O) groups is 1. The van der Waals surface area contributed by atoms with Crippen LogP contribution in [0.2, 0.25) is 0 Å². The number of benzene rings is 1. The van der Waals surface area contributed by atoms with E-state index in [-0.39, 0.29) is 11.2 Å². The van der Waals surface area contributed by atoms with Gasteiger partial charge in [0.2, 0.25) is 5.91 Å². The van der Waals surface area contributed by atoms with Crippen LogP contribution < -0.4 is 0 Å². The van der Waals surface area contributed by atoms with Gasteiger partial charge in [-0.05, 0) is 43.4 Å². The van der Waals surface area contributed by atoms with E-state index in [4.69, 9.17) is 4.42 Å². The maximum atomic E-state index is 12.9. The molecule has 26 heavy (non-hydrogen) atoms. The highest BCUT2D eigenvalue weighted by Gasteiger charge is 2.26. The maximum Gasteiger partial charge on any atom is 0.257 e. The summed E-state index contributed by atoms with van der Waals surface area (Å²) in [6, 6.07) is 7.65. The summed E-state index contributed by atoms with van der Waals surface area (Å²) in [6.07, 6.45) is 3.99. The topological polar surface area (TPSA) is 75.0 Å². The number of nitrogens with one attached hydrogen (secondary N) is 1. The number of aromatic nitrogens is 3. The van der Waals surface area contributed by atoms with E-state index in [1.165, 1.54) is 29.4 Å². The summed E-state index contributed by atoms with van der Waals surface area (Å²) in [6.45, 7) is 2.55. The monoisotopic (exact) mass is 370 g/mol. The van der Waals surface area contributed by atoms with Crippen LogP contribution in [0.3, 0.4) is 0 Å². The molecule has 2 heterocycles. The number of hydrogen-bond acceptors (Lipinski definition) is 5. The number of oxazole rings is 1. The molecule has 0 unspecified atom stereocenters. The van der Waals surface area contributed by atoms with E-state index in [1.54, 1.807) is 4.90 Å². The molecule has 3 aromatic rings. The van der Waals surface area contributed by atoms with Crippen LogP contribution in [0.25, 0.3) is 11.1 Å². The van der Waals surface area contributed by atoms with Crippen LogP contribution in [0.15, 0.2) is 33.9 Å². The molecule has 0 bridgehead atoms. The lowest BCUT2D eigenvalue weighted by molar-refractivity contribution is -0.129. The van der Waals surface area contributed by atoms with E-state index in [0.717, 1.165) is 29.6 Å². The first kappa shape index (κ1) is 17.1. The zero-order valence-electron chi connectivity index (χ0n) is 15.0. The van der Waals surface area contributed by atoms with Gasteiger partial charge in [0.15, 0.2) is 5.58 Å². The van der Waals surface area contributed by atoms with Gasteiger partial charge >= 0.3 is 0 Å². The van der Waals surface area contributed by atoms with Crippen LogP contribution in [0.5, 0.6) is 0 Å². The molecule has 0 aliphatic heterocycles. The molecule has 7 heteroatoms. The number of carbonyl (C=O) groups excluding carboxylic acids is 1. The van der Waals surface area contributed by atoms with Crippen LogP contribution >= 0.6 is 11.8 Å². The SMILES string of the molecule is CC[C@H](Sc1nc2ccccc2o1)C(=O)N(C)Cc1n[nH]c2c1CCC2. The highest BCUT2D eigenvalue weighted by Crippen LogP contribution is 2.30. The zero-order valence-corrected chi connectivity index (χ0v) is 15.8. The van der Waals surface area contributed by atoms with Gasteiger partial charge in [-0.3, -0.25) is 9.89 Å². The van der Waals surface area contributed by atoms with Crippen molar-refractivity contribution in [3.05, 3.63) is 41.2 Å². The summed E-state index contributed by atoms with van der Waals surface area (Å²) in [5, 5.41) is 7.83.